The first-order valence-corrected chi connectivity index (χ1v) is 7.28. The van der Waals surface area contributed by atoms with Crippen molar-refractivity contribution >= 4 is 28.2 Å². The van der Waals surface area contributed by atoms with Crippen LogP contribution in [0.25, 0.3) is 0 Å². The molecule has 86 valence electrons. The second-order valence-corrected chi connectivity index (χ2v) is 6.80. The van der Waals surface area contributed by atoms with Gasteiger partial charge in [0.1, 0.15) is 0 Å². The SMILES string of the molecule is COS(=O)(=O)NP(=O)([O-])NS(N)(=O)=O. The molecule has 0 aromatic carbocycles. The van der Waals surface area contributed by atoms with E-state index >= 15 is 0 Å². The smallest absolute Gasteiger partial charge is 0.341 e. The van der Waals surface area contributed by atoms with Crippen LogP contribution in [-0.4, -0.2) is 23.9 Å². The van der Waals surface area contributed by atoms with E-state index < -0.39 is 28.2 Å². The van der Waals surface area contributed by atoms with Gasteiger partial charge in [-0.3, -0.25) is 4.18 Å². The van der Waals surface area contributed by atoms with Crippen molar-refractivity contribution in [2.45, 2.75) is 0 Å². The topological polar surface area (TPSA) is 168 Å². The zero-order valence-corrected chi connectivity index (χ0v) is 9.23. The number of nitrogens with one attached hydrogen (secondary N) is 2. The monoisotopic (exact) mass is 268 g/mol. The lowest BCUT2D eigenvalue weighted by atomic mass is 11.8. The van der Waals surface area contributed by atoms with Crippen molar-refractivity contribution in [2.75, 3.05) is 7.11 Å². The van der Waals surface area contributed by atoms with Crippen molar-refractivity contribution in [3.63, 3.8) is 0 Å². The minimum absolute atomic E-state index is 0.680. The van der Waals surface area contributed by atoms with Crippen molar-refractivity contribution in [2.24, 2.45) is 5.14 Å². The van der Waals surface area contributed by atoms with Gasteiger partial charge in [-0.05, 0) is 0 Å². The maximum absolute atomic E-state index is 10.7. The Balaban J connectivity index is 4.78. The molecule has 0 aliphatic heterocycles. The Morgan fingerprint density at radius 3 is 2.00 bits per heavy atom. The van der Waals surface area contributed by atoms with E-state index in [-0.39, 0.29) is 0 Å². The third kappa shape index (κ3) is 6.39. The van der Waals surface area contributed by atoms with Crippen LogP contribution in [0.4, 0.5) is 0 Å². The maximum Gasteiger partial charge on any atom is 0.341 e. The van der Waals surface area contributed by atoms with Gasteiger partial charge in [0, 0.05) is 0 Å². The van der Waals surface area contributed by atoms with Crippen molar-refractivity contribution in [3.05, 3.63) is 0 Å². The summed E-state index contributed by atoms with van der Waals surface area (Å²) in [5, 5.41) is 4.30. The molecule has 1 atom stereocenters. The molecule has 0 aromatic heterocycles. The Morgan fingerprint density at radius 2 is 1.71 bits per heavy atom. The second kappa shape index (κ2) is 4.20. The van der Waals surface area contributed by atoms with Gasteiger partial charge in [-0.1, -0.05) is 0 Å². The first kappa shape index (κ1) is 13.9. The molecule has 1 unspecified atom stereocenters. The fraction of sp³-hybridized carbons (Fsp3) is 1.00. The number of hydrogen-bond donors (Lipinski definition) is 3. The highest BCUT2D eigenvalue weighted by Gasteiger charge is 2.21. The summed E-state index contributed by atoms with van der Waals surface area (Å²) >= 11 is 0. The van der Waals surface area contributed by atoms with E-state index in [0.717, 1.165) is 8.99 Å². The van der Waals surface area contributed by atoms with Gasteiger partial charge in [-0.25, -0.2) is 5.14 Å². The Labute approximate surface area is 80.4 Å². The van der Waals surface area contributed by atoms with Gasteiger partial charge >= 0.3 is 10.3 Å². The Hall–Kier alpha value is -0.0700. The largest absolute Gasteiger partial charge is 0.775 e. The zero-order valence-electron chi connectivity index (χ0n) is 6.70. The Bertz CT molecular complexity index is 436. The Morgan fingerprint density at radius 1 is 1.29 bits per heavy atom. The summed E-state index contributed by atoms with van der Waals surface area (Å²) in [5.41, 5.74) is 0. The van der Waals surface area contributed by atoms with Crippen molar-refractivity contribution in [3.8, 4) is 0 Å². The van der Waals surface area contributed by atoms with Crippen LogP contribution in [0.5, 0.6) is 0 Å². The zero-order chi connectivity index (χ0) is 11.6. The molecule has 0 radical (unpaired) electrons. The van der Waals surface area contributed by atoms with E-state index in [2.05, 4.69) is 9.32 Å². The van der Waals surface area contributed by atoms with Crippen LogP contribution < -0.4 is 19.0 Å². The quantitative estimate of drug-likeness (QED) is 0.439. The Kier molecular flexibility index (Phi) is 4.18. The predicted octanol–water partition coefficient (Wildman–Crippen LogP) is -3.27. The molecule has 0 fully saturated rings. The molecule has 0 aliphatic rings. The molecule has 13 heteroatoms. The molecular formula is CH7N3O7PS2-. The van der Waals surface area contributed by atoms with E-state index in [9.17, 15) is 26.3 Å². The summed E-state index contributed by atoms with van der Waals surface area (Å²) in [6.07, 6.45) is 0. The molecule has 0 aromatic rings. The van der Waals surface area contributed by atoms with Gasteiger partial charge in [-0.2, -0.15) is 16.8 Å². The molecule has 4 N–H and O–H groups in total. The molecule has 14 heavy (non-hydrogen) atoms. The van der Waals surface area contributed by atoms with Gasteiger partial charge in [0.2, 0.25) is 0 Å². The molecule has 0 rings (SSSR count). The van der Waals surface area contributed by atoms with Crippen LogP contribution in [0.1, 0.15) is 0 Å². The molecule has 0 saturated carbocycles. The highest BCUT2D eigenvalue weighted by Crippen LogP contribution is 2.25. The molecule has 0 aliphatic carbocycles. The van der Waals surface area contributed by atoms with E-state index in [1.165, 1.54) is 0 Å². The minimum atomic E-state index is -5.13. The van der Waals surface area contributed by atoms with E-state index in [1.54, 1.807) is 0 Å². The lowest BCUT2D eigenvalue weighted by Crippen LogP contribution is -2.40. The van der Waals surface area contributed by atoms with Crippen LogP contribution in [0.2, 0.25) is 0 Å². The first-order valence-electron chi connectivity index (χ1n) is 2.70. The lowest BCUT2D eigenvalue weighted by molar-refractivity contribution is -0.178. The van der Waals surface area contributed by atoms with Gasteiger partial charge in [0.25, 0.3) is 10.2 Å². The van der Waals surface area contributed by atoms with Gasteiger partial charge in [0.05, 0.1) is 7.11 Å². The third-order valence-electron chi connectivity index (χ3n) is 0.699. The van der Waals surface area contributed by atoms with Crippen molar-refractivity contribution < 1.29 is 30.5 Å². The third-order valence-corrected chi connectivity index (χ3v) is 4.97. The fourth-order valence-corrected chi connectivity index (χ4v) is 3.67. The van der Waals surface area contributed by atoms with Crippen molar-refractivity contribution in [1.29, 1.82) is 0 Å². The molecule has 10 nitrogen and oxygen atoms in total. The highest BCUT2D eigenvalue weighted by atomic mass is 32.3. The molecule has 0 bridgehead atoms. The summed E-state index contributed by atoms with van der Waals surface area (Å²) in [5.74, 6) is 0. The lowest BCUT2D eigenvalue weighted by Gasteiger charge is -2.22. The second-order valence-electron chi connectivity index (χ2n) is 1.90. The average molecular weight is 268 g/mol. The molecule has 0 spiro atoms. The van der Waals surface area contributed by atoms with Crippen LogP contribution in [-0.2, 0) is 29.3 Å². The number of rotatable bonds is 5. The minimum Gasteiger partial charge on any atom is -0.775 e. The van der Waals surface area contributed by atoms with Gasteiger partial charge in [-0.15, -0.1) is 8.99 Å². The standard InChI is InChI=1S/CH8N3O7PS2/c1-11-14(9,10)4-12(5,6)3-13(2,7)8/h1H3,(H2,2,7,8)(H3,3,4,5,6)/p-1. The highest BCUT2D eigenvalue weighted by molar-refractivity contribution is 7.96. The number of nitrogens with two attached hydrogens (primary N) is 1. The normalized spacial score (nSPS) is 17.6. The fourth-order valence-electron chi connectivity index (χ4n) is 0.371. The van der Waals surface area contributed by atoms with Crippen LogP contribution in [0.3, 0.4) is 0 Å². The molecule has 0 heterocycles. The summed E-state index contributed by atoms with van der Waals surface area (Å²) in [4.78, 5) is 10.7. The first-order chi connectivity index (χ1) is 5.97. The number of hydrogen-bond acceptors (Lipinski definition) is 7. The predicted molar refractivity (Wildman–Crippen MR) is 42.9 cm³/mol. The van der Waals surface area contributed by atoms with E-state index in [4.69, 9.17) is 0 Å². The van der Waals surface area contributed by atoms with Crippen LogP contribution in [0, 0.1) is 0 Å². The summed E-state index contributed by atoms with van der Waals surface area (Å²) in [6, 6.07) is 0. The van der Waals surface area contributed by atoms with Crippen LogP contribution >= 0.6 is 7.67 Å². The summed E-state index contributed by atoms with van der Waals surface area (Å²) in [6.45, 7) is 0. The summed E-state index contributed by atoms with van der Waals surface area (Å²) in [7, 11) is -13.6. The van der Waals surface area contributed by atoms with Crippen LogP contribution in [0.15, 0.2) is 0 Å². The van der Waals surface area contributed by atoms with E-state index in [0.29, 0.717) is 7.11 Å². The summed E-state index contributed by atoms with van der Waals surface area (Å²) < 4.78 is 57.7. The molecule has 0 amide bonds. The molecule has 0 saturated heterocycles. The van der Waals surface area contributed by atoms with Gasteiger partial charge in [0.15, 0.2) is 7.67 Å². The van der Waals surface area contributed by atoms with Gasteiger partial charge < -0.3 is 9.46 Å². The molecular weight excluding hydrogens is 261 g/mol. The maximum atomic E-state index is 10.7. The van der Waals surface area contributed by atoms with Crippen molar-refractivity contribution in [1.82, 2.24) is 8.99 Å². The van der Waals surface area contributed by atoms with E-state index in [1.807, 2.05) is 0 Å². The average Bonchev–Trinajstić information content (AvgIpc) is 1.78.